The zero-order valence-corrected chi connectivity index (χ0v) is 9.29. The van der Waals surface area contributed by atoms with Gasteiger partial charge in [-0.2, -0.15) is 18.3 Å². The third-order valence-electron chi connectivity index (χ3n) is 2.30. The van der Waals surface area contributed by atoms with Crippen LogP contribution in [0.1, 0.15) is 21.6 Å². The van der Waals surface area contributed by atoms with Crippen LogP contribution in [0, 0.1) is 0 Å². The van der Waals surface area contributed by atoms with E-state index in [1.54, 1.807) is 0 Å². The van der Waals surface area contributed by atoms with Gasteiger partial charge in [0.2, 0.25) is 0 Å². The second-order valence-electron chi connectivity index (χ2n) is 3.61. The molecular formula is C10H7F3N4O2. The number of carboxylic acids is 1. The maximum atomic E-state index is 12.4. The number of hydrogen-bond donors (Lipinski definition) is 1. The highest BCUT2D eigenvalue weighted by Crippen LogP contribution is 2.28. The highest BCUT2D eigenvalue weighted by molar-refractivity contribution is 5.88. The topological polar surface area (TPSA) is 80.9 Å². The summed E-state index contributed by atoms with van der Waals surface area (Å²) in [5.74, 6) is -1.25. The molecule has 0 fully saturated rings. The Kier molecular flexibility index (Phi) is 3.19. The van der Waals surface area contributed by atoms with Gasteiger partial charge >= 0.3 is 12.1 Å². The normalized spacial score (nSPS) is 11.5. The smallest absolute Gasteiger partial charge is 0.419 e. The van der Waals surface area contributed by atoms with Crippen LogP contribution >= 0.6 is 0 Å². The molecule has 0 bridgehead atoms. The number of aromatic nitrogens is 4. The van der Waals surface area contributed by atoms with Crippen LogP contribution < -0.4 is 0 Å². The standard InChI is InChI=1S/C10H7F3N4O2/c11-10(12,13)6-1-16-17(3-6)4-8-7(9(18)19)2-14-5-15-8/h1-3,5H,4H2,(H,18,19). The van der Waals surface area contributed by atoms with E-state index in [0.717, 1.165) is 23.4 Å². The molecule has 0 aromatic carbocycles. The number of halogens is 3. The molecule has 19 heavy (non-hydrogen) atoms. The molecular weight excluding hydrogens is 265 g/mol. The summed E-state index contributed by atoms with van der Waals surface area (Å²) in [5.41, 5.74) is -0.996. The van der Waals surface area contributed by atoms with Crippen LogP contribution in [0.15, 0.2) is 24.9 Å². The maximum absolute atomic E-state index is 12.4. The van der Waals surface area contributed by atoms with Crippen molar-refractivity contribution in [2.75, 3.05) is 0 Å². The Morgan fingerprint density at radius 2 is 2.11 bits per heavy atom. The molecule has 0 saturated carbocycles. The fraction of sp³-hybridized carbons (Fsp3) is 0.200. The number of rotatable bonds is 3. The Labute approximate surface area is 104 Å². The van der Waals surface area contributed by atoms with E-state index in [9.17, 15) is 18.0 Å². The van der Waals surface area contributed by atoms with Gasteiger partial charge in [-0.25, -0.2) is 14.8 Å². The quantitative estimate of drug-likeness (QED) is 0.914. The minimum atomic E-state index is -4.49. The number of nitrogens with zero attached hydrogens (tertiary/aromatic N) is 4. The summed E-state index contributed by atoms with van der Waals surface area (Å²) in [5, 5.41) is 12.4. The first-order valence-corrected chi connectivity index (χ1v) is 5.00. The summed E-state index contributed by atoms with van der Waals surface area (Å²) < 4.78 is 38.1. The van der Waals surface area contributed by atoms with Crippen molar-refractivity contribution >= 4 is 5.97 Å². The molecule has 100 valence electrons. The first-order valence-electron chi connectivity index (χ1n) is 5.00. The molecule has 0 aliphatic heterocycles. The summed E-state index contributed by atoms with van der Waals surface area (Å²) in [6, 6.07) is 0. The maximum Gasteiger partial charge on any atom is 0.419 e. The van der Waals surface area contributed by atoms with Gasteiger partial charge in [0.15, 0.2) is 0 Å². The van der Waals surface area contributed by atoms with Crippen molar-refractivity contribution in [3.63, 3.8) is 0 Å². The Morgan fingerprint density at radius 1 is 1.37 bits per heavy atom. The highest BCUT2D eigenvalue weighted by Gasteiger charge is 2.32. The second-order valence-corrected chi connectivity index (χ2v) is 3.61. The van der Waals surface area contributed by atoms with Gasteiger partial charge in [-0.3, -0.25) is 4.68 Å². The lowest BCUT2D eigenvalue weighted by Crippen LogP contribution is -2.10. The van der Waals surface area contributed by atoms with E-state index in [-0.39, 0.29) is 17.8 Å². The van der Waals surface area contributed by atoms with Crippen LogP contribution in [0.3, 0.4) is 0 Å². The molecule has 2 aromatic heterocycles. The number of alkyl halides is 3. The summed E-state index contributed by atoms with van der Waals surface area (Å²) in [4.78, 5) is 18.2. The van der Waals surface area contributed by atoms with Crippen molar-refractivity contribution in [1.29, 1.82) is 0 Å². The largest absolute Gasteiger partial charge is 0.478 e. The Balaban J connectivity index is 2.27. The number of carbonyl (C=O) groups is 1. The zero-order chi connectivity index (χ0) is 14.0. The molecule has 0 aliphatic carbocycles. The molecule has 9 heteroatoms. The van der Waals surface area contributed by atoms with Crippen LogP contribution in [0.25, 0.3) is 0 Å². The minimum Gasteiger partial charge on any atom is -0.478 e. The molecule has 0 atom stereocenters. The average Bonchev–Trinajstić information content (AvgIpc) is 2.77. The van der Waals surface area contributed by atoms with Gasteiger partial charge in [0, 0.05) is 12.4 Å². The van der Waals surface area contributed by atoms with E-state index in [1.807, 2.05) is 0 Å². The van der Waals surface area contributed by atoms with E-state index < -0.39 is 17.7 Å². The van der Waals surface area contributed by atoms with Crippen molar-refractivity contribution < 1.29 is 23.1 Å². The molecule has 2 aromatic rings. The van der Waals surface area contributed by atoms with Crippen LogP contribution in [0.5, 0.6) is 0 Å². The first kappa shape index (κ1) is 13.0. The minimum absolute atomic E-state index is 0.0827. The van der Waals surface area contributed by atoms with E-state index in [4.69, 9.17) is 5.11 Å². The molecule has 0 unspecified atom stereocenters. The van der Waals surface area contributed by atoms with Gasteiger partial charge in [-0.15, -0.1) is 0 Å². The van der Waals surface area contributed by atoms with Gasteiger partial charge in [0.1, 0.15) is 11.9 Å². The first-order chi connectivity index (χ1) is 8.88. The third-order valence-corrected chi connectivity index (χ3v) is 2.30. The van der Waals surface area contributed by atoms with Crippen molar-refractivity contribution in [1.82, 2.24) is 19.7 Å². The molecule has 0 radical (unpaired) electrons. The Hall–Kier alpha value is -2.45. The van der Waals surface area contributed by atoms with Crippen molar-refractivity contribution in [3.8, 4) is 0 Å². The van der Waals surface area contributed by atoms with Crippen LogP contribution in [0.2, 0.25) is 0 Å². The molecule has 1 N–H and O–H groups in total. The van der Waals surface area contributed by atoms with E-state index in [0.29, 0.717) is 6.20 Å². The summed E-state index contributed by atoms with van der Waals surface area (Å²) in [6.07, 6.45) is -0.830. The Bertz CT molecular complexity index is 609. The number of carboxylic acid groups (broad SMARTS) is 1. The highest BCUT2D eigenvalue weighted by atomic mass is 19.4. The monoisotopic (exact) mass is 272 g/mol. The van der Waals surface area contributed by atoms with Gasteiger partial charge in [0.25, 0.3) is 0 Å². The molecule has 0 aliphatic rings. The van der Waals surface area contributed by atoms with Gasteiger partial charge in [-0.1, -0.05) is 0 Å². The van der Waals surface area contributed by atoms with Crippen molar-refractivity contribution in [2.24, 2.45) is 0 Å². The molecule has 0 amide bonds. The Morgan fingerprint density at radius 3 is 2.68 bits per heavy atom. The third kappa shape index (κ3) is 2.87. The van der Waals surface area contributed by atoms with Crippen LogP contribution in [0.4, 0.5) is 13.2 Å². The van der Waals surface area contributed by atoms with E-state index in [1.165, 1.54) is 0 Å². The van der Waals surface area contributed by atoms with Crippen LogP contribution in [-0.4, -0.2) is 30.8 Å². The van der Waals surface area contributed by atoms with Gasteiger partial charge in [0.05, 0.1) is 24.0 Å². The van der Waals surface area contributed by atoms with Gasteiger partial charge < -0.3 is 5.11 Å². The summed E-state index contributed by atoms with van der Waals surface area (Å²) in [6.45, 7) is -0.180. The fourth-order valence-electron chi connectivity index (χ4n) is 1.41. The lowest BCUT2D eigenvalue weighted by atomic mass is 10.2. The predicted molar refractivity (Wildman–Crippen MR) is 55.3 cm³/mol. The zero-order valence-electron chi connectivity index (χ0n) is 9.29. The average molecular weight is 272 g/mol. The fourth-order valence-corrected chi connectivity index (χ4v) is 1.41. The molecule has 0 spiro atoms. The predicted octanol–water partition coefficient (Wildman–Crippen LogP) is 1.44. The second kappa shape index (κ2) is 4.67. The molecule has 2 heterocycles. The summed E-state index contributed by atoms with van der Waals surface area (Å²) in [7, 11) is 0. The van der Waals surface area contributed by atoms with Crippen molar-refractivity contribution in [2.45, 2.75) is 12.7 Å². The number of hydrogen-bond acceptors (Lipinski definition) is 4. The van der Waals surface area contributed by atoms with Crippen LogP contribution in [-0.2, 0) is 12.7 Å². The SMILES string of the molecule is O=C(O)c1cncnc1Cn1cc(C(F)(F)F)cn1. The lowest BCUT2D eigenvalue weighted by Gasteiger charge is -2.04. The molecule has 2 rings (SSSR count). The molecule has 6 nitrogen and oxygen atoms in total. The summed E-state index contributed by atoms with van der Waals surface area (Å²) >= 11 is 0. The van der Waals surface area contributed by atoms with E-state index in [2.05, 4.69) is 15.1 Å². The lowest BCUT2D eigenvalue weighted by molar-refractivity contribution is -0.137. The van der Waals surface area contributed by atoms with Crippen molar-refractivity contribution in [3.05, 3.63) is 41.7 Å². The van der Waals surface area contributed by atoms with E-state index >= 15 is 0 Å². The number of aromatic carboxylic acids is 1. The van der Waals surface area contributed by atoms with Gasteiger partial charge in [-0.05, 0) is 0 Å². The molecule has 0 saturated heterocycles.